The van der Waals surface area contributed by atoms with E-state index in [4.69, 9.17) is 0 Å². The molecule has 1 atom stereocenters. The first-order valence-corrected chi connectivity index (χ1v) is 8.83. The number of aliphatic hydroxyl groups is 1. The van der Waals surface area contributed by atoms with Crippen molar-refractivity contribution >= 4 is 28.4 Å². The Morgan fingerprint density at radius 3 is 2.92 bits per heavy atom. The SMILES string of the molecule is CCCn1c(CO)nnc1SC(C)C(=O)c1c[nH]c2ccccc12. The number of carbonyl (C=O) groups excluding carboxylic acids is 1. The highest BCUT2D eigenvalue weighted by Crippen LogP contribution is 2.28. The molecule has 0 saturated carbocycles. The quantitative estimate of drug-likeness (QED) is 0.508. The van der Waals surface area contributed by atoms with Crippen LogP contribution in [0.1, 0.15) is 36.5 Å². The first-order chi connectivity index (χ1) is 11.7. The van der Waals surface area contributed by atoms with Gasteiger partial charge in [0.1, 0.15) is 6.61 Å². The third-order valence-corrected chi connectivity index (χ3v) is 4.97. The third-order valence-electron chi connectivity index (χ3n) is 3.89. The highest BCUT2D eigenvalue weighted by molar-refractivity contribution is 8.00. The summed E-state index contributed by atoms with van der Waals surface area (Å²) in [6, 6.07) is 7.76. The zero-order chi connectivity index (χ0) is 17.1. The lowest BCUT2D eigenvalue weighted by Crippen LogP contribution is -2.15. The topological polar surface area (TPSA) is 83.8 Å². The molecule has 126 valence electrons. The number of aliphatic hydroxyl groups excluding tert-OH is 1. The molecule has 3 aromatic rings. The molecule has 0 aliphatic carbocycles. The molecule has 1 unspecified atom stereocenters. The average Bonchev–Trinajstić information content (AvgIpc) is 3.19. The van der Waals surface area contributed by atoms with Crippen LogP contribution in [0.4, 0.5) is 0 Å². The molecular formula is C17H20N4O2S. The second-order valence-corrected chi connectivity index (χ2v) is 6.89. The number of nitrogens with one attached hydrogen (secondary N) is 1. The summed E-state index contributed by atoms with van der Waals surface area (Å²) in [6.45, 7) is 4.49. The number of carbonyl (C=O) groups is 1. The lowest BCUT2D eigenvalue weighted by atomic mass is 10.1. The summed E-state index contributed by atoms with van der Waals surface area (Å²) >= 11 is 1.38. The van der Waals surface area contributed by atoms with Crippen molar-refractivity contribution in [3.8, 4) is 0 Å². The third kappa shape index (κ3) is 3.09. The van der Waals surface area contributed by atoms with E-state index in [1.54, 1.807) is 6.20 Å². The van der Waals surface area contributed by atoms with E-state index in [2.05, 4.69) is 22.1 Å². The standard InChI is InChI=1S/C17H20N4O2S/c1-3-8-21-15(10-22)19-20-17(21)24-11(2)16(23)13-9-18-14-7-5-4-6-12(13)14/h4-7,9,11,18,22H,3,8,10H2,1-2H3. The maximum absolute atomic E-state index is 12.8. The first kappa shape index (κ1) is 16.7. The summed E-state index contributed by atoms with van der Waals surface area (Å²) in [6.07, 6.45) is 2.67. The summed E-state index contributed by atoms with van der Waals surface area (Å²) in [5.41, 5.74) is 1.64. The minimum atomic E-state index is -0.296. The van der Waals surface area contributed by atoms with Gasteiger partial charge in [-0.3, -0.25) is 4.79 Å². The van der Waals surface area contributed by atoms with Gasteiger partial charge in [0, 0.05) is 29.2 Å². The van der Waals surface area contributed by atoms with E-state index in [0.29, 0.717) is 16.5 Å². The van der Waals surface area contributed by atoms with Crippen LogP contribution in [0.25, 0.3) is 10.9 Å². The van der Waals surface area contributed by atoms with Crippen molar-refractivity contribution in [2.24, 2.45) is 0 Å². The number of hydrogen-bond donors (Lipinski definition) is 2. The van der Waals surface area contributed by atoms with Crippen LogP contribution >= 0.6 is 11.8 Å². The zero-order valence-electron chi connectivity index (χ0n) is 13.7. The van der Waals surface area contributed by atoms with Gasteiger partial charge in [0.05, 0.1) is 5.25 Å². The molecule has 0 amide bonds. The highest BCUT2D eigenvalue weighted by atomic mass is 32.2. The number of benzene rings is 1. The fourth-order valence-corrected chi connectivity index (χ4v) is 3.64. The van der Waals surface area contributed by atoms with Crippen LogP contribution in [-0.4, -0.2) is 35.9 Å². The molecule has 2 N–H and O–H groups in total. The molecule has 0 fully saturated rings. The van der Waals surface area contributed by atoms with E-state index in [-0.39, 0.29) is 17.6 Å². The van der Waals surface area contributed by atoms with Gasteiger partial charge in [0.2, 0.25) is 0 Å². The van der Waals surface area contributed by atoms with Gasteiger partial charge in [-0.15, -0.1) is 10.2 Å². The lowest BCUT2D eigenvalue weighted by molar-refractivity contribution is 0.0995. The lowest BCUT2D eigenvalue weighted by Gasteiger charge is -2.11. The molecule has 6 nitrogen and oxygen atoms in total. The molecule has 0 aliphatic heterocycles. The Balaban J connectivity index is 1.83. The van der Waals surface area contributed by atoms with Gasteiger partial charge >= 0.3 is 0 Å². The number of rotatable bonds is 7. The summed E-state index contributed by atoms with van der Waals surface area (Å²) in [7, 11) is 0. The van der Waals surface area contributed by atoms with E-state index in [1.165, 1.54) is 11.8 Å². The van der Waals surface area contributed by atoms with Crippen molar-refractivity contribution in [1.82, 2.24) is 19.7 Å². The Hall–Kier alpha value is -2.12. The maximum atomic E-state index is 12.8. The maximum Gasteiger partial charge on any atom is 0.191 e. The zero-order valence-corrected chi connectivity index (χ0v) is 14.5. The number of para-hydroxylation sites is 1. The predicted octanol–water partition coefficient (Wildman–Crippen LogP) is 3.03. The Kier molecular flexibility index (Phi) is 5.01. The summed E-state index contributed by atoms with van der Waals surface area (Å²) in [5, 5.41) is 18.8. The van der Waals surface area contributed by atoms with Crippen LogP contribution in [0, 0.1) is 0 Å². The monoisotopic (exact) mass is 344 g/mol. The molecule has 0 bridgehead atoms. The second kappa shape index (κ2) is 7.19. The van der Waals surface area contributed by atoms with Gasteiger partial charge in [-0.1, -0.05) is 36.9 Å². The van der Waals surface area contributed by atoms with Crippen molar-refractivity contribution < 1.29 is 9.90 Å². The minimum Gasteiger partial charge on any atom is -0.388 e. The van der Waals surface area contributed by atoms with Crippen LogP contribution in [0.3, 0.4) is 0 Å². The largest absolute Gasteiger partial charge is 0.388 e. The van der Waals surface area contributed by atoms with Crippen LogP contribution in [-0.2, 0) is 13.2 Å². The number of nitrogens with zero attached hydrogens (tertiary/aromatic N) is 3. The molecule has 0 saturated heterocycles. The fraction of sp³-hybridized carbons (Fsp3) is 0.353. The fourth-order valence-electron chi connectivity index (χ4n) is 2.68. The molecular weight excluding hydrogens is 324 g/mol. The molecule has 0 radical (unpaired) electrons. The van der Waals surface area contributed by atoms with E-state index < -0.39 is 0 Å². The van der Waals surface area contributed by atoms with Gasteiger partial charge < -0.3 is 14.7 Å². The van der Waals surface area contributed by atoms with E-state index >= 15 is 0 Å². The molecule has 3 rings (SSSR count). The first-order valence-electron chi connectivity index (χ1n) is 7.95. The molecule has 0 spiro atoms. The number of hydrogen-bond acceptors (Lipinski definition) is 5. The molecule has 2 heterocycles. The van der Waals surface area contributed by atoms with Gasteiger partial charge in [-0.2, -0.15) is 0 Å². The Bertz CT molecular complexity index is 855. The van der Waals surface area contributed by atoms with Crippen molar-refractivity contribution in [2.75, 3.05) is 0 Å². The van der Waals surface area contributed by atoms with Crippen molar-refractivity contribution in [3.63, 3.8) is 0 Å². The van der Waals surface area contributed by atoms with Crippen molar-refractivity contribution in [3.05, 3.63) is 41.9 Å². The van der Waals surface area contributed by atoms with Crippen LogP contribution in [0.5, 0.6) is 0 Å². The number of H-pyrrole nitrogens is 1. The van der Waals surface area contributed by atoms with Crippen LogP contribution in [0.15, 0.2) is 35.6 Å². The molecule has 24 heavy (non-hydrogen) atoms. The number of ketones is 1. The van der Waals surface area contributed by atoms with Gasteiger partial charge in [-0.25, -0.2) is 0 Å². The summed E-state index contributed by atoms with van der Waals surface area (Å²) < 4.78 is 1.88. The Morgan fingerprint density at radius 2 is 2.17 bits per heavy atom. The molecule has 7 heteroatoms. The van der Waals surface area contributed by atoms with Gasteiger partial charge in [-0.05, 0) is 19.4 Å². The second-order valence-electron chi connectivity index (χ2n) is 5.58. The Labute approximate surface area is 144 Å². The number of aromatic nitrogens is 4. The van der Waals surface area contributed by atoms with Crippen LogP contribution in [0.2, 0.25) is 0 Å². The summed E-state index contributed by atoms with van der Waals surface area (Å²) in [5.74, 6) is 0.583. The average molecular weight is 344 g/mol. The highest BCUT2D eigenvalue weighted by Gasteiger charge is 2.22. The molecule has 1 aromatic carbocycles. The smallest absolute Gasteiger partial charge is 0.191 e. The van der Waals surface area contributed by atoms with Crippen LogP contribution < -0.4 is 0 Å². The normalized spacial score (nSPS) is 12.6. The molecule has 2 aromatic heterocycles. The van der Waals surface area contributed by atoms with E-state index in [9.17, 15) is 9.90 Å². The summed E-state index contributed by atoms with van der Waals surface area (Å²) in [4.78, 5) is 16.0. The number of aromatic amines is 1. The van der Waals surface area contributed by atoms with Crippen molar-refractivity contribution in [2.45, 2.75) is 43.8 Å². The van der Waals surface area contributed by atoms with E-state index in [0.717, 1.165) is 23.9 Å². The van der Waals surface area contributed by atoms with E-state index in [1.807, 2.05) is 35.8 Å². The number of thioether (sulfide) groups is 1. The Morgan fingerprint density at radius 1 is 1.38 bits per heavy atom. The number of fused-ring (bicyclic) bond motifs is 1. The van der Waals surface area contributed by atoms with Gasteiger partial charge in [0.25, 0.3) is 0 Å². The minimum absolute atomic E-state index is 0.0500. The van der Waals surface area contributed by atoms with Crippen molar-refractivity contribution in [1.29, 1.82) is 0 Å². The molecule has 0 aliphatic rings. The number of Topliss-reactive ketones (excluding diaryl/α,β-unsaturated/α-hetero) is 1. The predicted molar refractivity (Wildman–Crippen MR) is 94.2 cm³/mol. The van der Waals surface area contributed by atoms with Gasteiger partial charge in [0.15, 0.2) is 16.8 Å².